The van der Waals surface area contributed by atoms with Gasteiger partial charge in [0.1, 0.15) is 11.5 Å². The molecule has 1 aliphatic heterocycles. The van der Waals surface area contributed by atoms with Crippen LogP contribution in [0.1, 0.15) is 55.0 Å². The average Bonchev–Trinajstić information content (AvgIpc) is 2.71. The zero-order valence-electron chi connectivity index (χ0n) is 19.7. The third-order valence-corrected chi connectivity index (χ3v) is 6.89. The van der Waals surface area contributed by atoms with Crippen molar-refractivity contribution in [2.45, 2.75) is 52.7 Å². The van der Waals surface area contributed by atoms with Crippen molar-refractivity contribution in [1.82, 2.24) is 5.32 Å². The van der Waals surface area contributed by atoms with Crippen LogP contribution < -0.4 is 19.1 Å². The van der Waals surface area contributed by atoms with Crippen molar-refractivity contribution in [2.24, 2.45) is 0 Å². The Bertz CT molecular complexity index is 1130. The van der Waals surface area contributed by atoms with Gasteiger partial charge in [0.15, 0.2) is 6.10 Å². The van der Waals surface area contributed by atoms with E-state index >= 15 is 0 Å². The molecule has 0 aliphatic carbocycles. The van der Waals surface area contributed by atoms with Crippen molar-refractivity contribution in [3.05, 3.63) is 52.6 Å². The van der Waals surface area contributed by atoms with Gasteiger partial charge in [-0.25, -0.2) is 8.42 Å². The minimum Gasteiger partial charge on any atom is -0.496 e. The third-order valence-electron chi connectivity index (χ3n) is 5.74. The van der Waals surface area contributed by atoms with Crippen molar-refractivity contribution in [3.63, 3.8) is 0 Å². The maximum Gasteiger partial charge on any atom is 0.263 e. The highest BCUT2D eigenvalue weighted by molar-refractivity contribution is 7.92. The summed E-state index contributed by atoms with van der Waals surface area (Å²) in [6.07, 6.45) is 0.179. The molecule has 3 rings (SSSR count). The fourth-order valence-electron chi connectivity index (χ4n) is 4.01. The molecule has 32 heavy (non-hydrogen) atoms. The molecule has 0 radical (unpaired) electrons. The molecule has 7 nitrogen and oxygen atoms in total. The van der Waals surface area contributed by atoms with Gasteiger partial charge in [-0.15, -0.1) is 0 Å². The Hall–Kier alpha value is -2.74. The van der Waals surface area contributed by atoms with Gasteiger partial charge >= 0.3 is 0 Å². The number of ether oxygens (including phenoxy) is 2. The highest BCUT2D eigenvalue weighted by Gasteiger charge is 2.35. The van der Waals surface area contributed by atoms with Crippen LogP contribution in [0.25, 0.3) is 0 Å². The smallest absolute Gasteiger partial charge is 0.263 e. The van der Waals surface area contributed by atoms with Crippen molar-refractivity contribution in [3.8, 4) is 11.5 Å². The summed E-state index contributed by atoms with van der Waals surface area (Å²) < 4.78 is 37.4. The summed E-state index contributed by atoms with van der Waals surface area (Å²) >= 11 is 0. The number of aryl methyl sites for hydroxylation is 2. The molecule has 0 fully saturated rings. The molecule has 0 saturated carbocycles. The number of nitrogens with zero attached hydrogens (tertiary/aromatic N) is 1. The summed E-state index contributed by atoms with van der Waals surface area (Å²) in [6.45, 7) is 9.88. The van der Waals surface area contributed by atoms with E-state index < -0.39 is 16.1 Å². The van der Waals surface area contributed by atoms with Crippen LogP contribution >= 0.6 is 0 Å². The zero-order valence-corrected chi connectivity index (χ0v) is 20.5. The van der Waals surface area contributed by atoms with E-state index in [-0.39, 0.29) is 24.4 Å². The van der Waals surface area contributed by atoms with Gasteiger partial charge in [0.25, 0.3) is 5.91 Å². The molecule has 1 heterocycles. The summed E-state index contributed by atoms with van der Waals surface area (Å²) in [6, 6.07) is 9.03. The lowest BCUT2D eigenvalue weighted by Crippen LogP contribution is -2.50. The minimum atomic E-state index is -3.57. The van der Waals surface area contributed by atoms with Gasteiger partial charge in [-0.05, 0) is 73.2 Å². The second-order valence-electron chi connectivity index (χ2n) is 8.71. The molecule has 0 unspecified atom stereocenters. The normalized spacial score (nSPS) is 16.9. The zero-order chi connectivity index (χ0) is 23.8. The van der Waals surface area contributed by atoms with Gasteiger partial charge in [-0.2, -0.15) is 0 Å². The molecule has 1 N–H and O–H groups in total. The van der Waals surface area contributed by atoms with Gasteiger partial charge in [-0.1, -0.05) is 19.9 Å². The second kappa shape index (κ2) is 9.02. The molecule has 0 saturated heterocycles. The molecule has 0 aromatic heterocycles. The Morgan fingerprint density at radius 2 is 1.84 bits per heavy atom. The third kappa shape index (κ3) is 4.85. The standard InChI is InChI=1S/C24H32N2O5S/c1-14(2)18-12-19(16(4)11-21(18)30-6)17(5)25-24(27)23-13-26(32(7,28)29)20-9-8-15(3)10-22(20)31-23/h8-12,14,17,23H,13H2,1-7H3,(H,25,27)/t17-,23+/m1/s1. The number of rotatable bonds is 6. The first-order chi connectivity index (χ1) is 14.9. The maximum absolute atomic E-state index is 13.1. The molecule has 2 aromatic carbocycles. The number of hydrogen-bond donors (Lipinski definition) is 1. The van der Waals surface area contributed by atoms with Crippen molar-refractivity contribution in [1.29, 1.82) is 0 Å². The summed E-state index contributed by atoms with van der Waals surface area (Å²) in [5.74, 6) is 1.11. The van der Waals surface area contributed by atoms with Crippen molar-refractivity contribution in [2.75, 3.05) is 24.2 Å². The number of nitrogens with one attached hydrogen (secondary N) is 1. The summed E-state index contributed by atoms with van der Waals surface area (Å²) in [7, 11) is -1.92. The van der Waals surface area contributed by atoms with Gasteiger partial charge in [0.05, 0.1) is 31.6 Å². The Balaban J connectivity index is 1.86. The van der Waals surface area contributed by atoms with Crippen LogP contribution in [0.4, 0.5) is 5.69 Å². The lowest BCUT2D eigenvalue weighted by molar-refractivity contribution is -0.128. The number of methoxy groups -OCH3 is 1. The van der Waals surface area contributed by atoms with E-state index in [1.807, 2.05) is 32.9 Å². The van der Waals surface area contributed by atoms with Gasteiger partial charge < -0.3 is 14.8 Å². The number of amides is 1. The van der Waals surface area contributed by atoms with E-state index in [2.05, 4.69) is 25.2 Å². The van der Waals surface area contributed by atoms with Crippen LogP contribution in [-0.4, -0.2) is 40.3 Å². The second-order valence-corrected chi connectivity index (χ2v) is 10.6. The first-order valence-corrected chi connectivity index (χ1v) is 12.5. The highest BCUT2D eigenvalue weighted by atomic mass is 32.2. The summed E-state index contributed by atoms with van der Waals surface area (Å²) in [4.78, 5) is 13.1. The molecule has 0 bridgehead atoms. The van der Waals surface area contributed by atoms with Gasteiger partial charge in [-0.3, -0.25) is 9.10 Å². The first kappa shape index (κ1) is 23.9. The van der Waals surface area contributed by atoms with Crippen LogP contribution in [0.15, 0.2) is 30.3 Å². The molecule has 1 amide bonds. The largest absolute Gasteiger partial charge is 0.496 e. The number of carbonyl (C=O) groups excluding carboxylic acids is 1. The van der Waals surface area contributed by atoms with E-state index in [4.69, 9.17) is 9.47 Å². The van der Waals surface area contributed by atoms with E-state index in [9.17, 15) is 13.2 Å². The van der Waals surface area contributed by atoms with Crippen LogP contribution in [-0.2, 0) is 14.8 Å². The molecule has 2 aromatic rings. The van der Waals surface area contributed by atoms with Crippen LogP contribution in [0, 0.1) is 13.8 Å². The topological polar surface area (TPSA) is 84.9 Å². The molecule has 0 spiro atoms. The predicted octanol–water partition coefficient (Wildman–Crippen LogP) is 3.84. The number of hydrogen-bond acceptors (Lipinski definition) is 5. The van der Waals surface area contributed by atoms with Crippen molar-refractivity contribution >= 4 is 21.6 Å². The highest BCUT2D eigenvalue weighted by Crippen LogP contribution is 2.36. The fraction of sp³-hybridized carbons (Fsp3) is 0.458. The van der Waals surface area contributed by atoms with Crippen LogP contribution in [0.5, 0.6) is 11.5 Å². The first-order valence-electron chi connectivity index (χ1n) is 10.7. The molecule has 1 aliphatic rings. The predicted molar refractivity (Wildman–Crippen MR) is 126 cm³/mol. The fourth-order valence-corrected chi connectivity index (χ4v) is 4.92. The SMILES string of the molecule is COc1cc(C)c([C@@H](C)NC(=O)[C@@H]2CN(S(C)(=O)=O)c3ccc(C)cc3O2)cc1C(C)C. The monoisotopic (exact) mass is 460 g/mol. The Morgan fingerprint density at radius 1 is 1.16 bits per heavy atom. The lowest BCUT2D eigenvalue weighted by atomic mass is 9.93. The van der Waals surface area contributed by atoms with Crippen LogP contribution in [0.2, 0.25) is 0 Å². The maximum atomic E-state index is 13.1. The van der Waals surface area contributed by atoms with Crippen molar-refractivity contribution < 1.29 is 22.7 Å². The van der Waals surface area contributed by atoms with Gasteiger partial charge in [0.2, 0.25) is 10.0 Å². The molecular formula is C24H32N2O5S. The Kier molecular flexibility index (Phi) is 6.74. The van der Waals surface area contributed by atoms with E-state index in [0.29, 0.717) is 11.4 Å². The quantitative estimate of drug-likeness (QED) is 0.708. The van der Waals surface area contributed by atoms with Gasteiger partial charge in [0, 0.05) is 0 Å². The minimum absolute atomic E-state index is 0.0771. The summed E-state index contributed by atoms with van der Waals surface area (Å²) in [5, 5.41) is 3.00. The van der Waals surface area contributed by atoms with E-state index in [0.717, 1.165) is 34.3 Å². The molecule has 2 atom stereocenters. The number of carbonyl (C=O) groups is 1. The lowest BCUT2D eigenvalue weighted by Gasteiger charge is -2.34. The average molecular weight is 461 g/mol. The molecule has 174 valence electrons. The Morgan fingerprint density at radius 3 is 2.44 bits per heavy atom. The molecular weight excluding hydrogens is 428 g/mol. The number of fused-ring (bicyclic) bond motifs is 1. The van der Waals surface area contributed by atoms with Crippen LogP contribution in [0.3, 0.4) is 0 Å². The number of anilines is 1. The van der Waals surface area contributed by atoms with E-state index in [1.165, 1.54) is 4.31 Å². The number of sulfonamides is 1. The Labute approximate surface area is 190 Å². The van der Waals surface area contributed by atoms with E-state index in [1.54, 1.807) is 19.2 Å². The summed E-state index contributed by atoms with van der Waals surface area (Å²) in [5.41, 5.74) is 4.41. The molecule has 8 heteroatoms. The number of benzene rings is 2.